The van der Waals surface area contributed by atoms with E-state index in [1.165, 1.54) is 0 Å². The van der Waals surface area contributed by atoms with Gasteiger partial charge < -0.3 is 4.52 Å². The van der Waals surface area contributed by atoms with E-state index in [-0.39, 0.29) is 11.0 Å². The van der Waals surface area contributed by atoms with Crippen molar-refractivity contribution in [3.63, 3.8) is 0 Å². The monoisotopic (exact) mass is 332 g/mol. The highest BCUT2D eigenvalue weighted by atomic mass is 35.7. The molecule has 0 amide bonds. The number of alkyl halides is 3. The highest BCUT2D eigenvalue weighted by Gasteiger charge is 2.31. The van der Waals surface area contributed by atoms with Gasteiger partial charge in [0.25, 0.3) is 0 Å². The van der Waals surface area contributed by atoms with Gasteiger partial charge >= 0.3 is 12.1 Å². The Hall–Kier alpha value is -0.320. The molecule has 0 heterocycles. The maximum absolute atomic E-state index is 12.3. The minimum Gasteiger partial charge on any atom is -0.426 e. The molecular weight excluding hydrogens is 320 g/mol. The first-order chi connectivity index (χ1) is 8.64. The van der Waals surface area contributed by atoms with Crippen LogP contribution in [0.2, 0.25) is 0 Å². The van der Waals surface area contributed by atoms with E-state index in [0.717, 1.165) is 42.1 Å². The fourth-order valence-electron chi connectivity index (χ4n) is 1.14. The number of hydrogen-bond donors (Lipinski definition) is 0. The van der Waals surface area contributed by atoms with E-state index in [1.807, 2.05) is 13.8 Å². The molecule has 0 aromatic heterocycles. The van der Waals surface area contributed by atoms with Crippen LogP contribution in [0.1, 0.15) is 25.8 Å². The second-order valence-electron chi connectivity index (χ2n) is 3.87. The summed E-state index contributed by atoms with van der Waals surface area (Å²) in [6, 6.07) is 3.93. The van der Waals surface area contributed by atoms with Gasteiger partial charge in [-0.05, 0) is 53.3 Å². The molecule has 0 aliphatic carbocycles. The summed E-state index contributed by atoms with van der Waals surface area (Å²) < 4.78 is 54.0. The van der Waals surface area contributed by atoms with Crippen LogP contribution >= 0.6 is 28.5 Å². The smallest absolute Gasteiger partial charge is 0.416 e. The van der Waals surface area contributed by atoms with Gasteiger partial charge in [0.15, 0.2) is 0 Å². The molecular formula is C11H13ClF3O2PS. The lowest BCUT2D eigenvalue weighted by Crippen LogP contribution is -2.04. The second kappa shape index (κ2) is 6.42. The molecule has 0 bridgehead atoms. The third-order valence-electron chi connectivity index (χ3n) is 2.28. The van der Waals surface area contributed by atoms with Crippen molar-refractivity contribution in [3.8, 4) is 5.75 Å². The molecule has 0 fully saturated rings. The number of benzene rings is 1. The van der Waals surface area contributed by atoms with Gasteiger partial charge in [-0.25, -0.2) is 4.57 Å². The summed E-state index contributed by atoms with van der Waals surface area (Å²) in [4.78, 5) is 0. The maximum Gasteiger partial charge on any atom is 0.416 e. The summed E-state index contributed by atoms with van der Waals surface area (Å²) >= 11 is 6.73. The Morgan fingerprint density at radius 3 is 2.32 bits per heavy atom. The van der Waals surface area contributed by atoms with Crippen molar-refractivity contribution in [3.05, 3.63) is 29.8 Å². The van der Waals surface area contributed by atoms with E-state index < -0.39 is 17.7 Å². The Morgan fingerprint density at radius 1 is 1.37 bits per heavy atom. The molecule has 2 unspecified atom stereocenters. The lowest BCUT2D eigenvalue weighted by molar-refractivity contribution is -0.137. The van der Waals surface area contributed by atoms with Crippen LogP contribution in [-0.2, 0) is 10.7 Å². The lowest BCUT2D eigenvalue weighted by Gasteiger charge is -2.15. The third-order valence-corrected chi connectivity index (χ3v) is 6.63. The Morgan fingerprint density at radius 2 is 1.89 bits per heavy atom. The van der Waals surface area contributed by atoms with Gasteiger partial charge in [-0.3, -0.25) is 0 Å². The molecule has 108 valence electrons. The van der Waals surface area contributed by atoms with Gasteiger partial charge in [0, 0.05) is 5.25 Å². The number of hydrogen-bond acceptors (Lipinski definition) is 3. The molecule has 8 heteroatoms. The average molecular weight is 333 g/mol. The standard InChI is InChI=1S/C11H13ClF3O2PS/c1-3-8(2)19-18(12,16)17-10-6-4-9(5-7-10)11(13,14)15/h4-8H,3H2,1-2H3. The minimum atomic E-state index is -4.41. The van der Waals surface area contributed by atoms with Crippen LogP contribution in [0.25, 0.3) is 0 Å². The van der Waals surface area contributed by atoms with Crippen molar-refractivity contribution in [1.29, 1.82) is 0 Å². The molecule has 1 aromatic carbocycles. The van der Waals surface area contributed by atoms with Gasteiger partial charge in [-0.1, -0.05) is 13.8 Å². The van der Waals surface area contributed by atoms with Crippen LogP contribution < -0.4 is 4.52 Å². The quantitative estimate of drug-likeness (QED) is 0.622. The fraction of sp³-hybridized carbons (Fsp3) is 0.455. The highest BCUT2D eigenvalue weighted by molar-refractivity contribution is 8.64. The van der Waals surface area contributed by atoms with Crippen LogP contribution in [0.5, 0.6) is 5.75 Å². The SMILES string of the molecule is CCC(C)SP(=O)(Cl)Oc1ccc(C(F)(F)F)cc1. The van der Waals surface area contributed by atoms with E-state index in [9.17, 15) is 17.7 Å². The Labute approximate surface area is 118 Å². The van der Waals surface area contributed by atoms with Crippen molar-refractivity contribution in [2.45, 2.75) is 31.7 Å². The normalized spacial score (nSPS) is 16.7. The predicted octanol–water partition coefficient (Wildman–Crippen LogP) is 5.96. The molecule has 0 spiro atoms. The van der Waals surface area contributed by atoms with Crippen LogP contribution in [0, 0.1) is 0 Å². The van der Waals surface area contributed by atoms with E-state index >= 15 is 0 Å². The second-order valence-corrected chi connectivity index (χ2v) is 9.94. The molecule has 1 rings (SSSR count). The highest BCUT2D eigenvalue weighted by Crippen LogP contribution is 2.65. The first-order valence-corrected chi connectivity index (χ1v) is 9.50. The van der Waals surface area contributed by atoms with Gasteiger partial charge in [-0.15, -0.1) is 0 Å². The molecule has 0 aliphatic heterocycles. The Kier molecular flexibility index (Phi) is 5.65. The molecule has 2 atom stereocenters. The van der Waals surface area contributed by atoms with E-state index in [2.05, 4.69) is 0 Å². The summed E-state index contributed by atoms with van der Waals surface area (Å²) in [5.74, 6) is -3.38. The third kappa shape index (κ3) is 5.67. The van der Waals surface area contributed by atoms with Crippen molar-refractivity contribution >= 4 is 28.5 Å². The molecule has 0 N–H and O–H groups in total. The largest absolute Gasteiger partial charge is 0.426 e. The first-order valence-electron chi connectivity index (χ1n) is 5.49. The van der Waals surface area contributed by atoms with Gasteiger partial charge in [0.1, 0.15) is 5.75 Å². The molecule has 0 radical (unpaired) electrons. The molecule has 19 heavy (non-hydrogen) atoms. The average Bonchev–Trinajstić information content (AvgIpc) is 2.27. The van der Waals surface area contributed by atoms with Crippen molar-refractivity contribution in [2.75, 3.05) is 0 Å². The van der Waals surface area contributed by atoms with Gasteiger partial charge in [0.2, 0.25) is 0 Å². The number of halogens is 4. The first kappa shape index (κ1) is 16.7. The van der Waals surface area contributed by atoms with Crippen molar-refractivity contribution in [1.82, 2.24) is 0 Å². The minimum absolute atomic E-state index is 0.0396. The zero-order valence-electron chi connectivity index (χ0n) is 10.3. The molecule has 0 saturated heterocycles. The molecule has 1 aromatic rings. The van der Waals surface area contributed by atoms with Crippen molar-refractivity contribution < 1.29 is 22.3 Å². The van der Waals surface area contributed by atoms with Gasteiger partial charge in [0.05, 0.1) is 5.56 Å². The topological polar surface area (TPSA) is 26.3 Å². The van der Waals surface area contributed by atoms with E-state index in [1.54, 1.807) is 0 Å². The molecule has 0 aliphatic rings. The Balaban J connectivity index is 2.75. The summed E-state index contributed by atoms with van der Waals surface area (Å²) in [5, 5.41) is 0.0396. The molecule has 2 nitrogen and oxygen atoms in total. The summed E-state index contributed by atoms with van der Waals surface area (Å²) in [6.45, 7) is 3.75. The summed E-state index contributed by atoms with van der Waals surface area (Å²) in [6.07, 6.45) is -3.65. The van der Waals surface area contributed by atoms with Crippen LogP contribution in [0.15, 0.2) is 24.3 Å². The van der Waals surface area contributed by atoms with Crippen molar-refractivity contribution in [2.24, 2.45) is 0 Å². The zero-order valence-corrected chi connectivity index (χ0v) is 12.7. The summed E-state index contributed by atoms with van der Waals surface area (Å²) in [5.41, 5.74) is -0.793. The van der Waals surface area contributed by atoms with Crippen LogP contribution in [0.3, 0.4) is 0 Å². The number of rotatable bonds is 5. The molecule has 0 saturated carbocycles. The maximum atomic E-state index is 12.3. The predicted molar refractivity (Wildman–Crippen MR) is 72.9 cm³/mol. The van der Waals surface area contributed by atoms with Gasteiger partial charge in [-0.2, -0.15) is 13.2 Å². The summed E-state index contributed by atoms with van der Waals surface area (Å²) in [7, 11) is 0. The Bertz CT molecular complexity index is 464. The van der Waals surface area contributed by atoms with Crippen LogP contribution in [-0.4, -0.2) is 5.25 Å². The van der Waals surface area contributed by atoms with Crippen LogP contribution in [0.4, 0.5) is 13.2 Å². The lowest BCUT2D eigenvalue weighted by atomic mass is 10.2. The van der Waals surface area contributed by atoms with E-state index in [0.29, 0.717) is 0 Å². The van der Waals surface area contributed by atoms with E-state index in [4.69, 9.17) is 15.8 Å². The zero-order chi connectivity index (χ0) is 14.7. The fourth-order valence-corrected chi connectivity index (χ4v) is 5.72.